The summed E-state index contributed by atoms with van der Waals surface area (Å²) in [5.41, 5.74) is 4.39. The summed E-state index contributed by atoms with van der Waals surface area (Å²) < 4.78 is 63.4. The van der Waals surface area contributed by atoms with Gasteiger partial charge < -0.3 is 13.9 Å². The molecule has 2 N–H and O–H groups in total. The van der Waals surface area contributed by atoms with Gasteiger partial charge in [-0.25, -0.2) is 4.98 Å². The van der Waals surface area contributed by atoms with Crippen LogP contribution < -0.4 is 4.90 Å². The Morgan fingerprint density at radius 3 is 2.61 bits per heavy atom. The Hall–Kier alpha value is -2.51. The number of hydrogen-bond acceptors (Lipinski definition) is 7. The number of aryl methyl sites for hydroxylation is 2. The molecule has 1 atom stereocenters. The van der Waals surface area contributed by atoms with Gasteiger partial charge in [-0.2, -0.15) is 12.6 Å². The minimum absolute atomic E-state index is 0.0813. The fraction of sp³-hybridized carbons (Fsp3) is 0.381. The van der Waals surface area contributed by atoms with Crippen LogP contribution in [0, 0.1) is 6.92 Å². The predicted molar refractivity (Wildman–Crippen MR) is 127 cm³/mol. The van der Waals surface area contributed by atoms with Crippen molar-refractivity contribution in [3.8, 4) is 0 Å². The molecule has 0 radical (unpaired) electrons. The molecule has 2 aromatic carbocycles. The van der Waals surface area contributed by atoms with Crippen molar-refractivity contribution < 1.29 is 30.3 Å². The van der Waals surface area contributed by atoms with Gasteiger partial charge in [-0.05, 0) is 37.1 Å². The molecule has 12 heteroatoms. The van der Waals surface area contributed by atoms with E-state index in [1.807, 2.05) is 42.3 Å². The molecule has 33 heavy (non-hydrogen) atoms. The fourth-order valence-electron chi connectivity index (χ4n) is 4.12. The quantitative estimate of drug-likeness (QED) is 0.193. The standard InChI is InChI=1S/C21H25N3O7S2/c1-14-22-18-12-17-16-11-15(5-6-19(16)23(2)20(17)13-21(18)31-14)24(7-3-9-30-32(25)26)8-4-10-33(27,28)29/h5-6,11-13H,3-4,7-10H2,1-2H3,(H,25,26)(H,27,28,29). The van der Waals surface area contributed by atoms with Crippen LogP contribution in [0.2, 0.25) is 0 Å². The highest BCUT2D eigenvalue weighted by molar-refractivity contribution is 7.85. The zero-order chi connectivity index (χ0) is 23.8. The highest BCUT2D eigenvalue weighted by atomic mass is 32.2. The number of oxazole rings is 1. The molecule has 2 heterocycles. The van der Waals surface area contributed by atoms with Crippen molar-refractivity contribution in [1.29, 1.82) is 0 Å². The summed E-state index contributed by atoms with van der Waals surface area (Å²) in [5.74, 6) is 0.252. The Morgan fingerprint density at radius 1 is 1.15 bits per heavy atom. The van der Waals surface area contributed by atoms with Gasteiger partial charge >= 0.3 is 11.4 Å². The van der Waals surface area contributed by atoms with Crippen LogP contribution in [-0.2, 0) is 32.7 Å². The highest BCUT2D eigenvalue weighted by Gasteiger charge is 2.16. The third-order valence-corrected chi connectivity index (χ3v) is 6.73. The van der Waals surface area contributed by atoms with E-state index in [0.717, 1.165) is 38.6 Å². The molecule has 0 aliphatic heterocycles. The number of rotatable bonds is 10. The van der Waals surface area contributed by atoms with Crippen molar-refractivity contribution in [3.63, 3.8) is 0 Å². The summed E-state index contributed by atoms with van der Waals surface area (Å²) in [5, 5.41) is 2.03. The number of anilines is 1. The van der Waals surface area contributed by atoms with Crippen LogP contribution in [0.3, 0.4) is 0 Å². The first-order valence-corrected chi connectivity index (χ1v) is 13.0. The highest BCUT2D eigenvalue weighted by Crippen LogP contribution is 2.34. The number of aromatic nitrogens is 2. The van der Waals surface area contributed by atoms with E-state index in [2.05, 4.69) is 9.55 Å². The van der Waals surface area contributed by atoms with E-state index in [1.165, 1.54) is 0 Å². The van der Waals surface area contributed by atoms with Crippen LogP contribution in [0.15, 0.2) is 34.7 Å². The molecule has 178 valence electrons. The SMILES string of the molecule is Cc1nc2cc3c4cc(N(CCCOS(=O)O)CCCS(=O)(=O)O)ccc4n(C)c3cc2o1. The first kappa shape index (κ1) is 23.6. The summed E-state index contributed by atoms with van der Waals surface area (Å²) in [6, 6.07) is 9.96. The maximum Gasteiger partial charge on any atom is 0.301 e. The Morgan fingerprint density at radius 2 is 1.88 bits per heavy atom. The van der Waals surface area contributed by atoms with E-state index in [-0.39, 0.29) is 18.8 Å². The molecule has 0 amide bonds. The summed E-state index contributed by atoms with van der Waals surface area (Å²) in [6.07, 6.45) is 0.697. The third-order valence-electron chi connectivity index (χ3n) is 5.56. The minimum atomic E-state index is -4.06. The lowest BCUT2D eigenvalue weighted by molar-refractivity contribution is 0.302. The van der Waals surface area contributed by atoms with E-state index in [4.69, 9.17) is 17.7 Å². The number of hydrogen-bond donors (Lipinski definition) is 2. The van der Waals surface area contributed by atoms with Gasteiger partial charge in [0.05, 0.1) is 17.9 Å². The van der Waals surface area contributed by atoms with Gasteiger partial charge in [0.2, 0.25) is 0 Å². The Labute approximate surface area is 193 Å². The van der Waals surface area contributed by atoms with Crippen LogP contribution in [0.4, 0.5) is 5.69 Å². The van der Waals surface area contributed by atoms with E-state index in [0.29, 0.717) is 25.4 Å². The number of nitrogens with zero attached hydrogens (tertiary/aromatic N) is 3. The van der Waals surface area contributed by atoms with Crippen molar-refractivity contribution in [2.24, 2.45) is 7.05 Å². The normalized spacial score (nSPS) is 13.3. The zero-order valence-corrected chi connectivity index (χ0v) is 19.9. The summed E-state index contributed by atoms with van der Waals surface area (Å²) >= 11 is -2.33. The van der Waals surface area contributed by atoms with Crippen molar-refractivity contribution in [3.05, 3.63) is 36.2 Å². The molecule has 0 fully saturated rings. The molecular formula is C21H25N3O7S2. The Balaban J connectivity index is 1.69. The lowest BCUT2D eigenvalue weighted by Gasteiger charge is -2.25. The Kier molecular flexibility index (Phi) is 6.73. The van der Waals surface area contributed by atoms with Crippen molar-refractivity contribution in [2.75, 3.05) is 30.3 Å². The second-order valence-electron chi connectivity index (χ2n) is 7.85. The second kappa shape index (κ2) is 9.39. The smallest absolute Gasteiger partial charge is 0.301 e. The van der Waals surface area contributed by atoms with Crippen LogP contribution in [0.25, 0.3) is 32.9 Å². The third kappa shape index (κ3) is 5.36. The van der Waals surface area contributed by atoms with Gasteiger partial charge in [-0.3, -0.25) is 13.3 Å². The molecule has 10 nitrogen and oxygen atoms in total. The molecule has 0 aliphatic carbocycles. The molecule has 4 aromatic rings. The van der Waals surface area contributed by atoms with Crippen LogP contribution in [0.5, 0.6) is 0 Å². The molecule has 0 saturated carbocycles. The average Bonchev–Trinajstić information content (AvgIpc) is 3.23. The topological polar surface area (TPSA) is 135 Å². The van der Waals surface area contributed by atoms with Crippen LogP contribution in [0.1, 0.15) is 18.7 Å². The molecule has 0 spiro atoms. The van der Waals surface area contributed by atoms with E-state index >= 15 is 0 Å². The van der Waals surface area contributed by atoms with Crippen molar-refractivity contribution in [2.45, 2.75) is 19.8 Å². The summed E-state index contributed by atoms with van der Waals surface area (Å²) in [4.78, 5) is 6.42. The van der Waals surface area contributed by atoms with Crippen molar-refractivity contribution >= 4 is 60.1 Å². The average molecular weight is 496 g/mol. The largest absolute Gasteiger partial charge is 0.441 e. The van der Waals surface area contributed by atoms with Crippen LogP contribution in [-0.4, -0.2) is 56.7 Å². The molecule has 2 aromatic heterocycles. The van der Waals surface area contributed by atoms with Crippen LogP contribution >= 0.6 is 0 Å². The molecule has 0 aliphatic rings. The monoisotopic (exact) mass is 495 g/mol. The van der Waals surface area contributed by atoms with E-state index in [9.17, 15) is 12.6 Å². The molecular weight excluding hydrogens is 470 g/mol. The Bertz CT molecular complexity index is 1440. The lowest BCUT2D eigenvalue weighted by Crippen LogP contribution is -2.28. The van der Waals surface area contributed by atoms with E-state index < -0.39 is 21.5 Å². The minimum Gasteiger partial charge on any atom is -0.441 e. The van der Waals surface area contributed by atoms with Gasteiger partial charge in [0.15, 0.2) is 11.5 Å². The summed E-state index contributed by atoms with van der Waals surface area (Å²) in [7, 11) is -2.08. The molecule has 0 saturated heterocycles. The maximum absolute atomic E-state index is 11.2. The number of fused-ring (bicyclic) bond motifs is 4. The first-order valence-electron chi connectivity index (χ1n) is 10.4. The first-order chi connectivity index (χ1) is 15.6. The van der Waals surface area contributed by atoms with Gasteiger partial charge in [-0.15, -0.1) is 0 Å². The molecule has 0 bridgehead atoms. The van der Waals surface area contributed by atoms with Crippen molar-refractivity contribution in [1.82, 2.24) is 9.55 Å². The predicted octanol–water partition coefficient (Wildman–Crippen LogP) is 3.41. The van der Waals surface area contributed by atoms with Gasteiger partial charge in [0, 0.05) is 55.1 Å². The maximum atomic E-state index is 11.2. The van der Waals surface area contributed by atoms with Gasteiger partial charge in [0.25, 0.3) is 10.1 Å². The van der Waals surface area contributed by atoms with Gasteiger partial charge in [0.1, 0.15) is 5.52 Å². The van der Waals surface area contributed by atoms with Gasteiger partial charge in [-0.1, -0.05) is 0 Å². The second-order valence-corrected chi connectivity index (χ2v) is 10.1. The van der Waals surface area contributed by atoms with E-state index in [1.54, 1.807) is 6.92 Å². The zero-order valence-electron chi connectivity index (χ0n) is 18.2. The lowest BCUT2D eigenvalue weighted by atomic mass is 10.1. The molecule has 4 rings (SSSR count). The molecule has 1 unspecified atom stereocenters. The summed E-state index contributed by atoms with van der Waals surface area (Å²) in [6.45, 7) is 2.75. The fourth-order valence-corrected chi connectivity index (χ4v) is 4.88. The number of benzene rings is 2.